The molecule has 4 aromatic heterocycles. The van der Waals surface area contributed by atoms with E-state index in [1.54, 1.807) is 115 Å². The number of ether oxygens (including phenoxy) is 4. The zero-order valence-corrected chi connectivity index (χ0v) is 51.0. The normalized spacial score (nSPS) is 17.5. The first-order valence-corrected chi connectivity index (χ1v) is 28.5. The van der Waals surface area contributed by atoms with E-state index in [1.807, 2.05) is 23.0 Å². The van der Waals surface area contributed by atoms with E-state index in [0.717, 1.165) is 22.1 Å². The molecular formula is C60H60F6IN11O12. The maximum absolute atomic E-state index is 13.8. The van der Waals surface area contributed by atoms with Gasteiger partial charge in [-0.25, -0.2) is 14.2 Å². The van der Waals surface area contributed by atoms with Gasteiger partial charge in [0.15, 0.2) is 23.0 Å². The lowest BCUT2D eigenvalue weighted by Gasteiger charge is -2.30. The van der Waals surface area contributed by atoms with Gasteiger partial charge in [-0.05, 0) is 114 Å². The number of carbonyl (C=O) groups is 5. The minimum atomic E-state index is -3.61. The summed E-state index contributed by atoms with van der Waals surface area (Å²) in [5, 5.41) is 25.4. The van der Waals surface area contributed by atoms with Crippen LogP contribution in [0.25, 0.3) is 33.2 Å². The van der Waals surface area contributed by atoms with Gasteiger partial charge in [-0.2, -0.15) is 36.5 Å². The minimum absolute atomic E-state index is 0.0234. The van der Waals surface area contributed by atoms with E-state index >= 15 is 0 Å². The van der Waals surface area contributed by atoms with Crippen molar-refractivity contribution in [1.29, 1.82) is 0 Å². The number of aryl methyl sites for hydroxylation is 2. The Morgan fingerprint density at radius 1 is 0.589 bits per heavy atom. The Bertz CT molecular complexity index is 4120. The Labute approximate surface area is 521 Å². The van der Waals surface area contributed by atoms with E-state index in [-0.39, 0.29) is 35.8 Å². The highest BCUT2D eigenvalue weighted by molar-refractivity contribution is 14.1. The number of carboxylic acids is 1. The van der Waals surface area contributed by atoms with Crippen LogP contribution in [0.15, 0.2) is 131 Å². The van der Waals surface area contributed by atoms with E-state index in [1.165, 1.54) is 26.2 Å². The zero-order valence-electron chi connectivity index (χ0n) is 48.9. The number of pyridine rings is 2. The van der Waals surface area contributed by atoms with E-state index < -0.39 is 59.7 Å². The first-order chi connectivity index (χ1) is 42.5. The average molecular weight is 1370 g/mol. The van der Waals surface area contributed by atoms with Crippen LogP contribution in [-0.4, -0.2) is 127 Å². The van der Waals surface area contributed by atoms with Crippen molar-refractivity contribution in [2.24, 2.45) is 19.8 Å². The largest absolute Gasteiger partial charge is 0.486 e. The van der Waals surface area contributed by atoms with Crippen molar-refractivity contribution in [1.82, 2.24) is 44.6 Å². The fraction of sp³-hybridized carbons (Fsp3) is 0.317. The molecule has 90 heavy (non-hydrogen) atoms. The van der Waals surface area contributed by atoms with Gasteiger partial charge in [0.05, 0.1) is 59.0 Å². The van der Waals surface area contributed by atoms with Crippen molar-refractivity contribution in [2.45, 2.75) is 75.5 Å². The van der Waals surface area contributed by atoms with Crippen LogP contribution < -0.4 is 56.6 Å². The first-order valence-electron chi connectivity index (χ1n) is 27.5. The topological polar surface area (TPSA) is 287 Å². The number of benzene rings is 4. The number of fused-ring (bicyclic) bond motifs is 4. The van der Waals surface area contributed by atoms with Crippen molar-refractivity contribution in [3.8, 4) is 34.4 Å². The molecule has 30 heteroatoms. The van der Waals surface area contributed by atoms with Crippen molar-refractivity contribution in [2.75, 3.05) is 38.4 Å². The third kappa shape index (κ3) is 15.5. The van der Waals surface area contributed by atoms with Crippen LogP contribution in [0.1, 0.15) is 56.8 Å². The maximum Gasteiger partial charge on any atom is 0.374 e. The molecule has 4 amide bonds. The number of aliphatic carboxylic acids is 1. The van der Waals surface area contributed by atoms with Gasteiger partial charge < -0.3 is 59.8 Å². The van der Waals surface area contributed by atoms with Crippen LogP contribution in [0.5, 0.6) is 23.0 Å². The average Bonchev–Trinajstić information content (AvgIpc) is 1.65. The lowest BCUT2D eigenvalue weighted by atomic mass is 9.98. The quantitative estimate of drug-likeness (QED) is 0.0687. The summed E-state index contributed by atoms with van der Waals surface area (Å²) >= 11 is 2.28. The molecule has 0 bridgehead atoms. The van der Waals surface area contributed by atoms with Gasteiger partial charge >= 0.3 is 23.7 Å². The summed E-state index contributed by atoms with van der Waals surface area (Å²) in [6.07, 6.45) is 6.70. The number of alkyl halides is 6. The molecule has 12 rings (SSSR count). The number of nitrogens with two attached hydrogens (primary N) is 1. The van der Waals surface area contributed by atoms with Crippen molar-refractivity contribution >= 4 is 79.7 Å². The molecule has 4 aromatic carbocycles. The molecule has 4 aliphatic heterocycles. The number of rotatable bonds is 10. The molecule has 23 nitrogen and oxygen atoms in total. The third-order valence-electron chi connectivity index (χ3n) is 14.1. The Hall–Kier alpha value is -9.46. The van der Waals surface area contributed by atoms with Crippen molar-refractivity contribution in [3.05, 3.63) is 157 Å². The number of amides is 4. The van der Waals surface area contributed by atoms with Gasteiger partial charge in [-0.15, -0.1) is 0 Å². The van der Waals surface area contributed by atoms with Crippen LogP contribution in [0.4, 0.5) is 32.0 Å². The molecule has 2 unspecified atom stereocenters. The number of nitrogens with zero attached hydrogens (tertiary/aromatic N) is 7. The van der Waals surface area contributed by atoms with Gasteiger partial charge in [0.25, 0.3) is 11.8 Å². The van der Waals surface area contributed by atoms with Crippen LogP contribution in [0, 0.1) is 3.57 Å². The SMILES string of the molecule is CC(F)(F)C(=O)N[C@H]1CC(=O)NC1c1ccc2c(c1)OCCO2.CC(F)(F)C(=O)O.CN.Cn1cc(-n2ncc3cc(I)ccc32)ccc1=O.Cn1cc(-n2ncc3cc(N4C(=O)C[C@H](NC(=O)C(C)(F)F)C4c4ccc5c(c4)OCCO5)ccc32)ccc1=O. The van der Waals surface area contributed by atoms with Crippen LogP contribution in [-0.2, 0) is 38.1 Å². The number of anilines is 1. The summed E-state index contributed by atoms with van der Waals surface area (Å²) in [5.41, 5.74) is 9.43. The summed E-state index contributed by atoms with van der Waals surface area (Å²) in [5.74, 6) is -14.2. The molecule has 0 aliphatic carbocycles. The lowest BCUT2D eigenvalue weighted by molar-refractivity contribution is -0.162. The Kier molecular flexibility index (Phi) is 20.3. The van der Waals surface area contributed by atoms with Gasteiger partial charge in [-0.3, -0.25) is 28.8 Å². The highest BCUT2D eigenvalue weighted by Gasteiger charge is 2.46. The molecule has 0 radical (unpaired) electrons. The number of halogens is 7. The van der Waals surface area contributed by atoms with Crippen LogP contribution in [0.2, 0.25) is 0 Å². The Morgan fingerprint density at radius 3 is 1.52 bits per heavy atom. The third-order valence-corrected chi connectivity index (χ3v) is 14.7. The van der Waals surface area contributed by atoms with Gasteiger partial charge in [0.1, 0.15) is 26.4 Å². The monoisotopic (exact) mass is 1370 g/mol. The fourth-order valence-corrected chi connectivity index (χ4v) is 10.2. The fourth-order valence-electron chi connectivity index (χ4n) is 9.73. The highest BCUT2D eigenvalue weighted by Crippen LogP contribution is 2.43. The summed E-state index contributed by atoms with van der Waals surface area (Å²) in [6.45, 7) is 2.99. The maximum atomic E-state index is 13.8. The minimum Gasteiger partial charge on any atom is -0.486 e. The number of carboxylic acid groups (broad SMARTS) is 1. The number of nitrogens with one attached hydrogen (secondary N) is 3. The van der Waals surface area contributed by atoms with Gasteiger partial charge in [-0.1, -0.05) is 12.1 Å². The predicted molar refractivity (Wildman–Crippen MR) is 324 cm³/mol. The van der Waals surface area contributed by atoms with Crippen LogP contribution in [0.3, 0.4) is 0 Å². The number of hydrogen-bond donors (Lipinski definition) is 5. The summed E-state index contributed by atoms with van der Waals surface area (Å²) in [6, 6.07) is 25.1. The van der Waals surface area contributed by atoms with E-state index in [0.29, 0.717) is 98.1 Å². The molecule has 6 N–H and O–H groups in total. The van der Waals surface area contributed by atoms with Crippen molar-refractivity contribution in [3.63, 3.8) is 0 Å². The number of aromatic nitrogens is 6. The second kappa shape index (κ2) is 27.5. The standard InChI is InChI=1S/C28H25F2N5O5.C15H16F2N2O4.C13H10IN3O.C3H4F2O2.CH5N/c1-28(29,30)27(38)32-20-13-25(37)34(26(20)16-3-7-22-23(12-16)40-10-9-39-22)18-4-6-21-17(11-18)14-31-35(21)19-5-8-24(36)33(2)15-19;1-15(16,17)14(21)18-9-7-12(20)19-13(9)8-2-3-10-11(6-8)23-5-4-22-10;1-16-8-11(3-5-13(16)18)17-12-4-2-10(14)6-9(12)7-15-17;1-3(4,5)2(6)7;1-2/h3-8,11-12,14-15,20,26H,9-10,13H2,1-2H3,(H,32,38);2-3,6,9,13H,4-5,7H2,1H3,(H,18,21)(H,19,20);2-8H,1H3;1H3,(H,6,7);2H2,1H3/t20-,26?;9-,13?;;;/m00.../s1. The smallest absolute Gasteiger partial charge is 0.374 e. The molecule has 4 atom stereocenters. The second-order valence-electron chi connectivity index (χ2n) is 20.8. The molecular weight excluding hydrogens is 1310 g/mol. The Balaban J connectivity index is 0.000000176. The number of hydrogen-bond acceptors (Lipinski definition) is 14. The predicted octanol–water partition coefficient (Wildman–Crippen LogP) is 6.90. The number of carbonyl (C=O) groups excluding carboxylic acids is 4. The molecule has 0 spiro atoms. The summed E-state index contributed by atoms with van der Waals surface area (Å²) in [7, 11) is 4.89. The molecule has 8 heterocycles. The lowest BCUT2D eigenvalue weighted by Crippen LogP contribution is -2.46. The molecule has 0 saturated carbocycles. The second-order valence-corrected chi connectivity index (χ2v) is 22.1. The molecule has 4 aliphatic rings. The first kappa shape index (κ1) is 66.5. The molecule has 2 fully saturated rings. The van der Waals surface area contributed by atoms with E-state index in [9.17, 15) is 59.9 Å². The Morgan fingerprint density at radius 2 is 1.03 bits per heavy atom. The van der Waals surface area contributed by atoms with E-state index in [2.05, 4.69) is 60.5 Å². The zero-order chi connectivity index (χ0) is 65.6. The highest BCUT2D eigenvalue weighted by atomic mass is 127. The van der Waals surface area contributed by atoms with E-state index in [4.69, 9.17) is 24.1 Å². The summed E-state index contributed by atoms with van der Waals surface area (Å²) in [4.78, 5) is 82.8. The van der Waals surface area contributed by atoms with Crippen LogP contribution >= 0.6 is 22.6 Å². The summed E-state index contributed by atoms with van der Waals surface area (Å²) < 4.78 is 106. The van der Waals surface area contributed by atoms with Gasteiger partial charge in [0.2, 0.25) is 22.9 Å². The van der Waals surface area contributed by atoms with Crippen molar-refractivity contribution < 1.29 is 74.4 Å². The molecule has 476 valence electrons. The molecule has 2 saturated heterocycles. The van der Waals surface area contributed by atoms with Gasteiger partial charge in [0, 0.05) is 92.3 Å². The molecule has 8 aromatic rings.